The minimum absolute atomic E-state index is 0.0316. The van der Waals surface area contributed by atoms with Gasteiger partial charge in [0.15, 0.2) is 0 Å². The van der Waals surface area contributed by atoms with Crippen LogP contribution < -0.4 is 16.6 Å². The number of fused-ring (bicyclic) bond motifs is 1. The number of hydrogen-bond acceptors (Lipinski definition) is 4. The number of nitrogens with one attached hydrogen (secondary N) is 1. The maximum absolute atomic E-state index is 13.2. The molecule has 0 atom stereocenters. The predicted octanol–water partition coefficient (Wildman–Crippen LogP) is 4.18. The molecule has 8 heteroatoms. The lowest BCUT2D eigenvalue weighted by Crippen LogP contribution is -2.41. The van der Waals surface area contributed by atoms with Crippen molar-refractivity contribution in [1.29, 1.82) is 0 Å². The van der Waals surface area contributed by atoms with Crippen LogP contribution in [0.25, 0.3) is 10.2 Å². The summed E-state index contributed by atoms with van der Waals surface area (Å²) in [4.78, 5) is 38.9. The van der Waals surface area contributed by atoms with Gasteiger partial charge in [-0.3, -0.25) is 18.7 Å². The Balaban J connectivity index is 1.73. The maximum atomic E-state index is 13.2. The van der Waals surface area contributed by atoms with Crippen LogP contribution in [-0.2, 0) is 17.9 Å². The van der Waals surface area contributed by atoms with Gasteiger partial charge in [-0.15, -0.1) is 11.3 Å². The minimum atomic E-state index is -0.549. The van der Waals surface area contributed by atoms with E-state index >= 15 is 0 Å². The molecule has 0 spiro atoms. The first-order valence-corrected chi connectivity index (χ1v) is 10.9. The molecule has 0 radical (unpaired) electrons. The summed E-state index contributed by atoms with van der Waals surface area (Å²) in [7, 11) is 0. The molecule has 2 aromatic carbocycles. The number of halogens is 1. The average molecular weight is 454 g/mol. The maximum Gasteiger partial charge on any atom is 0.332 e. The number of nitrogens with zero attached hydrogens (tertiary/aromatic N) is 2. The highest BCUT2D eigenvalue weighted by molar-refractivity contribution is 7.17. The topological polar surface area (TPSA) is 73.1 Å². The van der Waals surface area contributed by atoms with Gasteiger partial charge in [-0.05, 0) is 48.6 Å². The van der Waals surface area contributed by atoms with E-state index in [1.165, 1.54) is 15.9 Å². The summed E-state index contributed by atoms with van der Waals surface area (Å²) < 4.78 is 2.89. The summed E-state index contributed by atoms with van der Waals surface area (Å²) >= 11 is 7.47. The number of thiophene rings is 1. The van der Waals surface area contributed by atoms with E-state index in [9.17, 15) is 14.4 Å². The summed E-state index contributed by atoms with van der Waals surface area (Å²) in [6, 6.07) is 14.5. The first-order valence-electron chi connectivity index (χ1n) is 9.66. The van der Waals surface area contributed by atoms with Crippen LogP contribution in [0.2, 0.25) is 5.02 Å². The van der Waals surface area contributed by atoms with Gasteiger partial charge in [-0.25, -0.2) is 4.79 Å². The number of anilines is 1. The SMILES string of the molecule is Cc1ccc(NC(=O)Cn2c(=O)n(Cc3ccccc3Cl)c(=O)c3sccc32)c(C)c1. The lowest BCUT2D eigenvalue weighted by Gasteiger charge is -2.14. The highest BCUT2D eigenvalue weighted by Crippen LogP contribution is 2.19. The predicted molar refractivity (Wildman–Crippen MR) is 125 cm³/mol. The quantitative estimate of drug-likeness (QED) is 0.492. The second kappa shape index (κ2) is 8.53. The molecule has 4 rings (SSSR count). The van der Waals surface area contributed by atoms with Crippen LogP contribution in [0.5, 0.6) is 0 Å². The Labute approximate surface area is 187 Å². The van der Waals surface area contributed by atoms with Gasteiger partial charge in [0.2, 0.25) is 5.91 Å². The molecule has 6 nitrogen and oxygen atoms in total. The zero-order valence-corrected chi connectivity index (χ0v) is 18.6. The molecule has 1 amide bonds. The Kier molecular flexibility index (Phi) is 5.80. The van der Waals surface area contributed by atoms with E-state index in [4.69, 9.17) is 11.6 Å². The monoisotopic (exact) mass is 453 g/mol. The lowest BCUT2D eigenvalue weighted by atomic mass is 10.1. The molecule has 0 aliphatic heterocycles. The standard InChI is InChI=1S/C23H20ClN3O3S/c1-14-7-8-18(15(2)11-14)25-20(28)13-26-19-9-10-31-21(19)22(29)27(23(26)30)12-16-5-3-4-6-17(16)24/h3-11H,12-13H2,1-2H3,(H,25,28). The van der Waals surface area contributed by atoms with Crippen LogP contribution in [0.15, 0.2) is 63.5 Å². The van der Waals surface area contributed by atoms with Gasteiger partial charge in [-0.1, -0.05) is 47.5 Å². The Bertz CT molecular complexity index is 1420. The summed E-state index contributed by atoms with van der Waals surface area (Å²) in [5.74, 6) is -0.343. The van der Waals surface area contributed by atoms with Crippen LogP contribution in [0, 0.1) is 13.8 Å². The molecule has 4 aromatic rings. The van der Waals surface area contributed by atoms with Gasteiger partial charge in [0, 0.05) is 10.7 Å². The fourth-order valence-electron chi connectivity index (χ4n) is 3.51. The Hall–Kier alpha value is -3.16. The third kappa shape index (κ3) is 4.19. The van der Waals surface area contributed by atoms with E-state index in [0.717, 1.165) is 15.7 Å². The van der Waals surface area contributed by atoms with Crippen LogP contribution in [0.3, 0.4) is 0 Å². The van der Waals surface area contributed by atoms with Crippen molar-refractivity contribution in [1.82, 2.24) is 9.13 Å². The molecule has 0 saturated carbocycles. The number of aromatic nitrogens is 2. The number of carbonyl (C=O) groups is 1. The van der Waals surface area contributed by atoms with E-state index in [0.29, 0.717) is 26.5 Å². The number of benzene rings is 2. The van der Waals surface area contributed by atoms with Gasteiger partial charge < -0.3 is 5.32 Å². The molecule has 0 fully saturated rings. The number of hydrogen-bond donors (Lipinski definition) is 1. The van der Waals surface area contributed by atoms with Gasteiger partial charge >= 0.3 is 5.69 Å². The molecule has 0 unspecified atom stereocenters. The van der Waals surface area contributed by atoms with Crippen molar-refractivity contribution in [2.24, 2.45) is 0 Å². The van der Waals surface area contributed by atoms with Crippen molar-refractivity contribution in [2.45, 2.75) is 26.9 Å². The Morgan fingerprint density at radius 2 is 1.84 bits per heavy atom. The van der Waals surface area contributed by atoms with Crippen LogP contribution in [0.1, 0.15) is 16.7 Å². The molecular formula is C23H20ClN3O3S. The van der Waals surface area contributed by atoms with Crippen molar-refractivity contribution in [3.63, 3.8) is 0 Å². The lowest BCUT2D eigenvalue weighted by molar-refractivity contribution is -0.116. The third-order valence-electron chi connectivity index (χ3n) is 5.08. The number of amides is 1. The highest BCUT2D eigenvalue weighted by Gasteiger charge is 2.17. The molecular weight excluding hydrogens is 434 g/mol. The van der Waals surface area contributed by atoms with E-state index in [-0.39, 0.29) is 24.6 Å². The van der Waals surface area contributed by atoms with Gasteiger partial charge in [0.05, 0.1) is 12.1 Å². The molecule has 0 saturated heterocycles. The zero-order valence-electron chi connectivity index (χ0n) is 17.0. The van der Waals surface area contributed by atoms with E-state index < -0.39 is 5.69 Å². The second-order valence-corrected chi connectivity index (χ2v) is 8.68. The smallest absolute Gasteiger partial charge is 0.324 e. The summed E-state index contributed by atoms with van der Waals surface area (Å²) in [6.07, 6.45) is 0. The van der Waals surface area contributed by atoms with Crippen LogP contribution >= 0.6 is 22.9 Å². The molecule has 31 heavy (non-hydrogen) atoms. The first kappa shape index (κ1) is 21.1. The van der Waals surface area contributed by atoms with Crippen molar-refractivity contribution in [3.8, 4) is 0 Å². The van der Waals surface area contributed by atoms with Gasteiger partial charge in [0.25, 0.3) is 5.56 Å². The van der Waals surface area contributed by atoms with E-state index in [1.807, 2.05) is 32.0 Å². The largest absolute Gasteiger partial charge is 0.332 e. The highest BCUT2D eigenvalue weighted by atomic mass is 35.5. The minimum Gasteiger partial charge on any atom is -0.324 e. The van der Waals surface area contributed by atoms with Crippen molar-refractivity contribution < 1.29 is 4.79 Å². The number of carbonyl (C=O) groups excluding carboxylic acids is 1. The van der Waals surface area contributed by atoms with Crippen LogP contribution in [0.4, 0.5) is 5.69 Å². The summed E-state index contributed by atoms with van der Waals surface area (Å²) in [6.45, 7) is 3.72. The summed E-state index contributed by atoms with van der Waals surface area (Å²) in [5, 5.41) is 5.07. The van der Waals surface area contributed by atoms with E-state index in [1.54, 1.807) is 35.7 Å². The van der Waals surface area contributed by atoms with Gasteiger partial charge in [-0.2, -0.15) is 0 Å². The molecule has 158 valence electrons. The van der Waals surface area contributed by atoms with Gasteiger partial charge in [0.1, 0.15) is 11.2 Å². The molecule has 0 bridgehead atoms. The van der Waals surface area contributed by atoms with Crippen LogP contribution in [-0.4, -0.2) is 15.0 Å². The van der Waals surface area contributed by atoms with Crippen molar-refractivity contribution in [3.05, 3.63) is 96.5 Å². The molecule has 2 heterocycles. The van der Waals surface area contributed by atoms with E-state index in [2.05, 4.69) is 5.32 Å². The molecule has 0 aliphatic carbocycles. The normalized spacial score (nSPS) is 11.1. The summed E-state index contributed by atoms with van der Waals surface area (Å²) in [5.41, 5.74) is 2.89. The average Bonchev–Trinajstić information content (AvgIpc) is 3.22. The molecule has 1 N–H and O–H groups in total. The van der Waals surface area contributed by atoms with Crippen molar-refractivity contribution >= 4 is 44.7 Å². The number of rotatable bonds is 5. The zero-order chi connectivity index (χ0) is 22.1. The third-order valence-corrected chi connectivity index (χ3v) is 6.34. The Morgan fingerprint density at radius 3 is 2.58 bits per heavy atom. The molecule has 2 aromatic heterocycles. The van der Waals surface area contributed by atoms with Crippen molar-refractivity contribution in [2.75, 3.05) is 5.32 Å². The Morgan fingerprint density at radius 1 is 1.06 bits per heavy atom. The molecule has 0 aliphatic rings. The fourth-order valence-corrected chi connectivity index (χ4v) is 4.55. The number of aryl methyl sites for hydroxylation is 2. The first-order chi connectivity index (χ1) is 14.8. The second-order valence-electron chi connectivity index (χ2n) is 7.35. The fraction of sp³-hybridized carbons (Fsp3) is 0.174.